The van der Waals surface area contributed by atoms with Crippen LogP contribution in [0.5, 0.6) is 34.5 Å². The SMILES string of the molecule is O=[N+]([O-])c1ccc(Oc2ccc(C(F)(F)C(F)(c3ccc(Oc4ccc(C(F)(C(F)(F)F)C(F)(F)c5ccc(Oc6ccc([N+](=O)[O-])cc6Cl)cc5)cc4)cc3)C(F)(F)F)cc2)c(Cl)c1. The first-order valence-corrected chi connectivity index (χ1v) is 18.6. The molecule has 2 unspecified atom stereocenters. The summed E-state index contributed by atoms with van der Waals surface area (Å²) in [5.41, 5.74) is -17.8. The summed E-state index contributed by atoms with van der Waals surface area (Å²) in [5.74, 6) is -12.6. The van der Waals surface area contributed by atoms with Crippen LogP contribution in [0.15, 0.2) is 133 Å². The van der Waals surface area contributed by atoms with Crippen LogP contribution in [0.1, 0.15) is 22.3 Å². The van der Waals surface area contributed by atoms with Gasteiger partial charge in [0.25, 0.3) is 22.7 Å². The Kier molecular flexibility index (Phi) is 12.7. The lowest BCUT2D eigenvalue weighted by atomic mass is 9.84. The van der Waals surface area contributed by atoms with E-state index < -0.39 is 90.5 Å². The second kappa shape index (κ2) is 17.3. The Morgan fingerprint density at radius 1 is 0.385 bits per heavy atom. The summed E-state index contributed by atoms with van der Waals surface area (Å²) < 4.78 is 197. The molecule has 0 bridgehead atoms. The molecule has 0 aliphatic heterocycles. The minimum atomic E-state index is -6.27. The first-order valence-electron chi connectivity index (χ1n) is 17.8. The Hall–Kier alpha value is -6.74. The summed E-state index contributed by atoms with van der Waals surface area (Å²) in [7, 11) is 0. The molecule has 0 amide bonds. The molecule has 340 valence electrons. The van der Waals surface area contributed by atoms with E-state index in [0.717, 1.165) is 60.7 Å². The summed E-state index contributed by atoms with van der Waals surface area (Å²) in [6.45, 7) is 0. The molecule has 6 aromatic rings. The minimum Gasteiger partial charge on any atom is -0.457 e. The Balaban J connectivity index is 1.19. The van der Waals surface area contributed by atoms with Gasteiger partial charge in [0.2, 0.25) is 0 Å². The van der Waals surface area contributed by atoms with Gasteiger partial charge in [-0.25, -0.2) is 8.78 Å². The highest BCUT2D eigenvalue weighted by Crippen LogP contribution is 2.59. The number of alkyl halides is 12. The molecule has 6 rings (SSSR count). The summed E-state index contributed by atoms with van der Waals surface area (Å²) in [6.07, 6.45) is -12.5. The van der Waals surface area contributed by atoms with Gasteiger partial charge in [-0.1, -0.05) is 47.5 Å². The van der Waals surface area contributed by atoms with Gasteiger partial charge in [0, 0.05) is 46.5 Å². The maximum Gasteiger partial charge on any atom is 0.433 e. The van der Waals surface area contributed by atoms with E-state index >= 15 is 26.3 Å². The van der Waals surface area contributed by atoms with Gasteiger partial charge in [-0.15, -0.1) is 0 Å². The van der Waals surface area contributed by atoms with Gasteiger partial charge >= 0.3 is 24.2 Å². The quantitative estimate of drug-likeness (QED) is 0.0607. The van der Waals surface area contributed by atoms with Crippen molar-refractivity contribution < 1.29 is 76.7 Å². The largest absolute Gasteiger partial charge is 0.457 e. The maximum atomic E-state index is 16.0. The molecule has 23 heteroatoms. The van der Waals surface area contributed by atoms with Crippen LogP contribution in [0.3, 0.4) is 0 Å². The average molecular weight is 966 g/mol. The highest BCUT2D eigenvalue weighted by atomic mass is 35.5. The van der Waals surface area contributed by atoms with Crippen molar-refractivity contribution in [2.24, 2.45) is 0 Å². The number of nitro benzene ring substituents is 2. The van der Waals surface area contributed by atoms with Crippen LogP contribution in [-0.2, 0) is 23.2 Å². The average Bonchev–Trinajstić information content (AvgIpc) is 3.24. The summed E-state index contributed by atoms with van der Waals surface area (Å²) in [5, 5.41) is 21.3. The molecule has 0 aromatic heterocycles. The van der Waals surface area contributed by atoms with Crippen molar-refractivity contribution in [3.63, 3.8) is 0 Å². The van der Waals surface area contributed by atoms with Gasteiger partial charge in [-0.05, 0) is 84.9 Å². The number of benzene rings is 6. The third-order valence-electron chi connectivity index (χ3n) is 9.53. The third-order valence-corrected chi connectivity index (χ3v) is 10.1. The van der Waals surface area contributed by atoms with Crippen LogP contribution >= 0.6 is 23.2 Å². The molecule has 0 spiro atoms. The van der Waals surface area contributed by atoms with E-state index in [2.05, 4.69) is 0 Å². The van der Waals surface area contributed by atoms with Crippen molar-refractivity contribution in [3.05, 3.63) is 186 Å². The Morgan fingerprint density at radius 2 is 0.646 bits per heavy atom. The van der Waals surface area contributed by atoms with Crippen molar-refractivity contribution in [3.8, 4) is 34.5 Å². The second-order valence-electron chi connectivity index (χ2n) is 13.6. The number of ether oxygens (including phenoxy) is 3. The summed E-state index contributed by atoms with van der Waals surface area (Å²) >= 11 is 11.9. The van der Waals surface area contributed by atoms with Crippen LogP contribution in [0.4, 0.5) is 64.1 Å². The van der Waals surface area contributed by atoms with Crippen molar-refractivity contribution in [2.75, 3.05) is 0 Å². The van der Waals surface area contributed by atoms with Gasteiger partial charge < -0.3 is 14.2 Å². The molecule has 0 fully saturated rings. The topological polar surface area (TPSA) is 114 Å². The molecule has 6 aromatic carbocycles. The van der Waals surface area contributed by atoms with Gasteiger partial charge in [-0.2, -0.15) is 43.9 Å². The lowest BCUT2D eigenvalue weighted by Crippen LogP contribution is -2.51. The molecule has 9 nitrogen and oxygen atoms in total. The second-order valence-corrected chi connectivity index (χ2v) is 14.4. The van der Waals surface area contributed by atoms with Gasteiger partial charge in [0.1, 0.15) is 34.5 Å². The number of nitrogens with zero attached hydrogens (tertiary/aromatic N) is 2. The van der Waals surface area contributed by atoms with E-state index in [1.54, 1.807) is 0 Å². The molecule has 0 N–H and O–H groups in total. The molecular weight excluding hydrogens is 943 g/mol. The monoisotopic (exact) mass is 964 g/mol. The van der Waals surface area contributed by atoms with Gasteiger partial charge in [0.05, 0.1) is 19.9 Å². The fourth-order valence-corrected chi connectivity index (χ4v) is 6.60. The molecule has 0 saturated carbocycles. The zero-order chi connectivity index (χ0) is 47.9. The van der Waals surface area contributed by atoms with E-state index in [0.29, 0.717) is 48.5 Å². The van der Waals surface area contributed by atoms with Crippen molar-refractivity contribution in [1.82, 2.24) is 0 Å². The fraction of sp³-hybridized carbons (Fsp3) is 0.143. The number of nitro groups is 2. The number of non-ortho nitro benzene ring substituents is 2. The number of rotatable bonds is 14. The highest BCUT2D eigenvalue weighted by Gasteiger charge is 2.73. The van der Waals surface area contributed by atoms with Gasteiger partial charge in [-0.3, -0.25) is 20.2 Å². The zero-order valence-electron chi connectivity index (χ0n) is 31.7. The maximum absolute atomic E-state index is 16.0. The smallest absolute Gasteiger partial charge is 0.433 e. The van der Waals surface area contributed by atoms with Crippen LogP contribution in [0.25, 0.3) is 0 Å². The third kappa shape index (κ3) is 9.02. The summed E-state index contributed by atoms with van der Waals surface area (Å²) in [4.78, 5) is 20.3. The zero-order valence-corrected chi connectivity index (χ0v) is 33.3. The number of hydrogen-bond acceptors (Lipinski definition) is 7. The fourth-order valence-electron chi connectivity index (χ4n) is 6.18. The van der Waals surface area contributed by atoms with E-state index in [4.69, 9.17) is 37.4 Å². The molecule has 2 atom stereocenters. The van der Waals surface area contributed by atoms with Crippen LogP contribution < -0.4 is 14.2 Å². The molecule has 65 heavy (non-hydrogen) atoms. The lowest BCUT2D eigenvalue weighted by Gasteiger charge is -2.35. The van der Waals surface area contributed by atoms with Gasteiger partial charge in [0.15, 0.2) is 0 Å². The molecule has 0 aliphatic carbocycles. The standard InChI is InChI=1S/C42H22Cl2F12N2O7/c43-33-21-27(57(59)60)9-19-35(33)64-31-15-5-25(6-16-31)39(47,48)37(45,41(51,52)53)23-1-11-29(12-2-23)63-30-13-3-24(4-14-30)38(46,42(54,55)56)40(49,50)26-7-17-32(18-8-26)65-36-20-10-28(58(61)62)22-34(36)44/h1-22H. The van der Waals surface area contributed by atoms with Crippen LogP contribution in [-0.4, -0.2) is 22.2 Å². The van der Waals surface area contributed by atoms with Crippen LogP contribution in [0, 0.1) is 20.2 Å². The number of halogens is 14. The van der Waals surface area contributed by atoms with Crippen molar-refractivity contribution >= 4 is 34.6 Å². The highest BCUT2D eigenvalue weighted by molar-refractivity contribution is 6.32. The first kappa shape index (κ1) is 47.7. The van der Waals surface area contributed by atoms with E-state index in [9.17, 15) is 46.6 Å². The summed E-state index contributed by atoms with van der Waals surface area (Å²) in [6, 6.07) is 14.3. The van der Waals surface area contributed by atoms with Crippen LogP contribution in [0.2, 0.25) is 10.0 Å². The molecule has 0 aliphatic rings. The molecule has 0 heterocycles. The Morgan fingerprint density at radius 3 is 0.892 bits per heavy atom. The molecular formula is C42H22Cl2F12N2O7. The van der Waals surface area contributed by atoms with E-state index in [-0.39, 0.29) is 57.3 Å². The normalized spacial score (nSPS) is 14.2. The Bertz CT molecular complexity index is 2540. The van der Waals surface area contributed by atoms with Crippen molar-refractivity contribution in [2.45, 2.75) is 35.5 Å². The lowest BCUT2D eigenvalue weighted by molar-refractivity contribution is -0.385. The predicted octanol–water partition coefficient (Wildman–Crippen LogP) is 15.2. The molecule has 0 radical (unpaired) electrons. The Labute approximate surface area is 366 Å². The first-order chi connectivity index (χ1) is 30.2. The number of hydrogen-bond donors (Lipinski definition) is 0. The predicted molar refractivity (Wildman–Crippen MR) is 208 cm³/mol. The minimum absolute atomic E-state index is 0.189. The van der Waals surface area contributed by atoms with Crippen molar-refractivity contribution in [1.29, 1.82) is 0 Å². The van der Waals surface area contributed by atoms with E-state index in [1.807, 2.05) is 0 Å². The van der Waals surface area contributed by atoms with E-state index in [1.165, 1.54) is 0 Å². The molecule has 0 saturated heterocycles.